The molecule has 1 heterocycles. The summed E-state index contributed by atoms with van der Waals surface area (Å²) in [6.07, 6.45) is 3.81. The smallest absolute Gasteiger partial charge is 0.161 e. The molecule has 1 aromatic heterocycles. The van der Waals surface area contributed by atoms with E-state index in [-0.39, 0.29) is 0 Å². The zero-order chi connectivity index (χ0) is 14.4. The molecule has 0 unspecified atom stereocenters. The van der Waals surface area contributed by atoms with Gasteiger partial charge in [-0.05, 0) is 30.0 Å². The van der Waals surface area contributed by atoms with Crippen molar-refractivity contribution in [3.05, 3.63) is 35.7 Å². The SMILES string of the molecule is COc1cc(CNCc2ccn[nH]2)c(SC)cc1OC. The second-order valence-corrected chi connectivity index (χ2v) is 5.05. The molecule has 6 heteroatoms. The Morgan fingerprint density at radius 1 is 1.20 bits per heavy atom. The van der Waals surface area contributed by atoms with Crippen molar-refractivity contribution < 1.29 is 9.47 Å². The number of rotatable bonds is 7. The molecule has 0 aliphatic heterocycles. The Hall–Kier alpha value is -1.66. The number of nitrogens with zero attached hydrogens (tertiary/aromatic N) is 1. The number of nitrogens with one attached hydrogen (secondary N) is 2. The van der Waals surface area contributed by atoms with E-state index in [1.807, 2.05) is 18.2 Å². The van der Waals surface area contributed by atoms with Crippen LogP contribution in [0.15, 0.2) is 29.3 Å². The fourth-order valence-corrected chi connectivity index (χ4v) is 2.56. The molecular formula is C14H19N3O2S. The van der Waals surface area contributed by atoms with Gasteiger partial charge in [-0.3, -0.25) is 5.10 Å². The first-order chi connectivity index (χ1) is 9.78. The lowest BCUT2D eigenvalue weighted by molar-refractivity contribution is 0.353. The Balaban J connectivity index is 2.09. The molecule has 0 bridgehead atoms. The molecule has 0 saturated heterocycles. The van der Waals surface area contributed by atoms with E-state index in [0.29, 0.717) is 0 Å². The van der Waals surface area contributed by atoms with Gasteiger partial charge in [-0.2, -0.15) is 5.10 Å². The summed E-state index contributed by atoms with van der Waals surface area (Å²) in [7, 11) is 3.30. The van der Waals surface area contributed by atoms with Crippen molar-refractivity contribution in [1.29, 1.82) is 0 Å². The van der Waals surface area contributed by atoms with Gasteiger partial charge in [0.05, 0.1) is 14.2 Å². The van der Waals surface area contributed by atoms with E-state index in [1.54, 1.807) is 32.2 Å². The van der Waals surface area contributed by atoms with E-state index in [0.717, 1.165) is 30.3 Å². The minimum atomic E-state index is 0.752. The molecule has 5 nitrogen and oxygen atoms in total. The summed E-state index contributed by atoms with van der Waals surface area (Å²) >= 11 is 1.70. The van der Waals surface area contributed by atoms with Gasteiger partial charge in [0, 0.05) is 29.9 Å². The number of aromatic amines is 1. The van der Waals surface area contributed by atoms with Crippen LogP contribution in [0.1, 0.15) is 11.3 Å². The van der Waals surface area contributed by atoms with E-state index >= 15 is 0 Å². The molecule has 2 N–H and O–H groups in total. The topological polar surface area (TPSA) is 59.2 Å². The van der Waals surface area contributed by atoms with Crippen LogP contribution in [0.3, 0.4) is 0 Å². The van der Waals surface area contributed by atoms with Gasteiger partial charge in [0.25, 0.3) is 0 Å². The molecule has 0 amide bonds. The molecule has 0 aliphatic rings. The minimum Gasteiger partial charge on any atom is -0.493 e. The first kappa shape index (κ1) is 14.7. The van der Waals surface area contributed by atoms with Gasteiger partial charge in [0.1, 0.15) is 0 Å². The first-order valence-corrected chi connectivity index (χ1v) is 7.48. The van der Waals surface area contributed by atoms with Gasteiger partial charge >= 0.3 is 0 Å². The summed E-state index contributed by atoms with van der Waals surface area (Å²) in [5.74, 6) is 1.51. The largest absolute Gasteiger partial charge is 0.493 e. The Morgan fingerprint density at radius 3 is 2.55 bits per heavy atom. The predicted octanol–water partition coefficient (Wildman–Crippen LogP) is 2.44. The third-order valence-corrected chi connectivity index (χ3v) is 3.80. The maximum atomic E-state index is 5.35. The fraction of sp³-hybridized carbons (Fsp3) is 0.357. The minimum absolute atomic E-state index is 0.752. The van der Waals surface area contributed by atoms with Crippen molar-refractivity contribution >= 4 is 11.8 Å². The summed E-state index contributed by atoms with van der Waals surface area (Å²) < 4.78 is 10.7. The average Bonchev–Trinajstić information content (AvgIpc) is 2.99. The molecule has 1 aromatic carbocycles. The van der Waals surface area contributed by atoms with Gasteiger partial charge in [-0.1, -0.05) is 0 Å². The maximum Gasteiger partial charge on any atom is 0.161 e. The lowest BCUT2D eigenvalue weighted by Gasteiger charge is -2.14. The molecule has 0 saturated carbocycles. The van der Waals surface area contributed by atoms with Crippen molar-refractivity contribution in [1.82, 2.24) is 15.5 Å². The van der Waals surface area contributed by atoms with E-state index in [9.17, 15) is 0 Å². The van der Waals surface area contributed by atoms with E-state index < -0.39 is 0 Å². The zero-order valence-electron chi connectivity index (χ0n) is 11.9. The predicted molar refractivity (Wildman–Crippen MR) is 80.5 cm³/mol. The molecule has 0 atom stereocenters. The van der Waals surface area contributed by atoms with Crippen LogP contribution >= 0.6 is 11.8 Å². The molecule has 0 fully saturated rings. The number of ether oxygens (including phenoxy) is 2. The van der Waals surface area contributed by atoms with Crippen LogP contribution in [-0.4, -0.2) is 30.7 Å². The van der Waals surface area contributed by atoms with Crippen LogP contribution in [0.4, 0.5) is 0 Å². The number of thioether (sulfide) groups is 1. The highest BCUT2D eigenvalue weighted by Crippen LogP contribution is 2.34. The van der Waals surface area contributed by atoms with Crippen LogP contribution in [0.25, 0.3) is 0 Å². The van der Waals surface area contributed by atoms with Crippen molar-refractivity contribution in [3.8, 4) is 11.5 Å². The number of benzene rings is 1. The van der Waals surface area contributed by atoms with E-state index in [1.165, 1.54) is 10.5 Å². The Kier molecular flexibility index (Phi) is 5.31. The van der Waals surface area contributed by atoms with E-state index in [2.05, 4.69) is 21.8 Å². The van der Waals surface area contributed by atoms with Crippen LogP contribution < -0.4 is 14.8 Å². The second kappa shape index (κ2) is 7.21. The molecule has 0 radical (unpaired) electrons. The molecule has 2 rings (SSSR count). The number of aromatic nitrogens is 2. The lowest BCUT2D eigenvalue weighted by atomic mass is 10.2. The summed E-state index contributed by atoms with van der Waals surface area (Å²) in [4.78, 5) is 1.18. The molecule has 20 heavy (non-hydrogen) atoms. The number of H-pyrrole nitrogens is 1. The lowest BCUT2D eigenvalue weighted by Crippen LogP contribution is -2.13. The van der Waals surface area contributed by atoms with Crippen LogP contribution in [0, 0.1) is 0 Å². The average molecular weight is 293 g/mol. The summed E-state index contributed by atoms with van der Waals surface area (Å²) in [5.41, 5.74) is 2.26. The van der Waals surface area contributed by atoms with Crippen LogP contribution in [0.5, 0.6) is 11.5 Å². The maximum absolute atomic E-state index is 5.35. The van der Waals surface area contributed by atoms with Crippen molar-refractivity contribution in [2.75, 3.05) is 20.5 Å². The quantitative estimate of drug-likeness (QED) is 0.768. The standard InChI is InChI=1S/C14H19N3O2S/c1-18-12-6-10(14(20-3)7-13(12)19-2)8-15-9-11-4-5-16-17-11/h4-7,15H,8-9H2,1-3H3,(H,16,17). The third-order valence-electron chi connectivity index (χ3n) is 2.98. The van der Waals surface area contributed by atoms with Gasteiger partial charge in [-0.15, -0.1) is 11.8 Å². The highest BCUT2D eigenvalue weighted by molar-refractivity contribution is 7.98. The number of methoxy groups -OCH3 is 2. The van der Waals surface area contributed by atoms with Gasteiger partial charge < -0.3 is 14.8 Å². The van der Waals surface area contributed by atoms with E-state index in [4.69, 9.17) is 9.47 Å². The first-order valence-electron chi connectivity index (χ1n) is 6.26. The summed E-state index contributed by atoms with van der Waals surface area (Å²) in [6, 6.07) is 5.98. The third kappa shape index (κ3) is 3.46. The van der Waals surface area contributed by atoms with Crippen molar-refractivity contribution in [2.45, 2.75) is 18.0 Å². The number of hydrogen-bond donors (Lipinski definition) is 2. The molecule has 0 aliphatic carbocycles. The molecule has 0 spiro atoms. The van der Waals surface area contributed by atoms with Gasteiger partial charge in [-0.25, -0.2) is 0 Å². The van der Waals surface area contributed by atoms with Gasteiger partial charge in [0.2, 0.25) is 0 Å². The molecular weight excluding hydrogens is 274 g/mol. The Morgan fingerprint density at radius 2 is 1.95 bits per heavy atom. The van der Waals surface area contributed by atoms with Crippen LogP contribution in [-0.2, 0) is 13.1 Å². The normalized spacial score (nSPS) is 10.6. The van der Waals surface area contributed by atoms with Gasteiger partial charge in [0.15, 0.2) is 11.5 Å². The Bertz CT molecular complexity index is 544. The van der Waals surface area contributed by atoms with Crippen molar-refractivity contribution in [3.63, 3.8) is 0 Å². The Labute approximate surface area is 123 Å². The second-order valence-electron chi connectivity index (χ2n) is 4.20. The van der Waals surface area contributed by atoms with Crippen molar-refractivity contribution in [2.24, 2.45) is 0 Å². The summed E-state index contributed by atoms with van der Waals surface area (Å²) in [6.45, 7) is 1.51. The monoisotopic (exact) mass is 293 g/mol. The molecule has 2 aromatic rings. The zero-order valence-corrected chi connectivity index (χ0v) is 12.7. The number of hydrogen-bond acceptors (Lipinski definition) is 5. The summed E-state index contributed by atoms with van der Waals surface area (Å²) in [5, 5.41) is 10.2. The highest BCUT2D eigenvalue weighted by atomic mass is 32.2. The fourth-order valence-electron chi connectivity index (χ4n) is 1.95. The molecule has 108 valence electrons. The van der Waals surface area contributed by atoms with Crippen LogP contribution in [0.2, 0.25) is 0 Å². The highest BCUT2D eigenvalue weighted by Gasteiger charge is 2.10.